The van der Waals surface area contributed by atoms with Crippen molar-refractivity contribution in [2.24, 2.45) is 5.73 Å². The first-order valence-electron chi connectivity index (χ1n) is 3.62. The van der Waals surface area contributed by atoms with Gasteiger partial charge in [-0.05, 0) is 13.8 Å². The number of aromatic nitrogens is 2. The molecule has 4 heteroatoms. The fourth-order valence-corrected chi connectivity index (χ4v) is 1.40. The lowest BCUT2D eigenvalue weighted by atomic mass is 10.3. The molecule has 3 nitrogen and oxygen atoms in total. The minimum absolute atomic E-state index is 0.463. The topological polar surface area (TPSA) is 43.8 Å². The molecule has 62 valence electrons. The lowest BCUT2D eigenvalue weighted by molar-refractivity contribution is 0.654. The fraction of sp³-hybridized carbons (Fsp3) is 0.571. The molecule has 1 heterocycles. The van der Waals surface area contributed by atoms with E-state index in [9.17, 15) is 0 Å². The smallest absolute Gasteiger partial charge is 0.131 e. The van der Waals surface area contributed by atoms with Gasteiger partial charge in [-0.2, -0.15) is 5.10 Å². The summed E-state index contributed by atoms with van der Waals surface area (Å²) in [6.45, 7) is 5.17. The summed E-state index contributed by atoms with van der Waals surface area (Å²) in [4.78, 5) is 0. The summed E-state index contributed by atoms with van der Waals surface area (Å²) in [6.07, 6.45) is 0. The monoisotopic (exact) mass is 173 g/mol. The van der Waals surface area contributed by atoms with Gasteiger partial charge in [-0.25, -0.2) is 0 Å². The van der Waals surface area contributed by atoms with Gasteiger partial charge < -0.3 is 5.73 Å². The van der Waals surface area contributed by atoms with E-state index < -0.39 is 0 Å². The van der Waals surface area contributed by atoms with Crippen LogP contribution in [0, 0.1) is 6.92 Å². The first kappa shape index (κ1) is 8.56. The van der Waals surface area contributed by atoms with Crippen molar-refractivity contribution in [3.05, 3.63) is 16.4 Å². The number of rotatable bonds is 2. The molecular weight excluding hydrogens is 162 g/mol. The van der Waals surface area contributed by atoms with Gasteiger partial charge in [0.1, 0.15) is 5.15 Å². The molecule has 0 aliphatic rings. The van der Waals surface area contributed by atoms with Crippen LogP contribution in [0.15, 0.2) is 0 Å². The van der Waals surface area contributed by atoms with Crippen LogP contribution in [0.3, 0.4) is 0 Å². The second-order valence-electron chi connectivity index (χ2n) is 2.37. The van der Waals surface area contributed by atoms with Crippen molar-refractivity contribution in [1.82, 2.24) is 9.78 Å². The summed E-state index contributed by atoms with van der Waals surface area (Å²) in [6, 6.07) is 0. The van der Waals surface area contributed by atoms with Crippen LogP contribution in [0.25, 0.3) is 0 Å². The zero-order valence-corrected chi connectivity index (χ0v) is 7.52. The molecule has 2 N–H and O–H groups in total. The molecule has 1 aromatic rings. The van der Waals surface area contributed by atoms with Gasteiger partial charge in [0.05, 0.1) is 5.69 Å². The highest BCUT2D eigenvalue weighted by atomic mass is 35.5. The van der Waals surface area contributed by atoms with E-state index >= 15 is 0 Å². The standard InChI is InChI=1S/C7H12ClN3/c1-3-11-7(8)6(4-9)5(2)10-11/h3-4,9H2,1-2H3. The van der Waals surface area contributed by atoms with E-state index in [1.54, 1.807) is 4.68 Å². The van der Waals surface area contributed by atoms with Crippen molar-refractivity contribution in [2.45, 2.75) is 26.9 Å². The maximum atomic E-state index is 5.95. The highest BCUT2D eigenvalue weighted by Crippen LogP contribution is 2.18. The molecule has 1 aromatic heterocycles. The summed E-state index contributed by atoms with van der Waals surface area (Å²) in [7, 11) is 0. The molecular formula is C7H12ClN3. The molecule has 0 spiro atoms. The van der Waals surface area contributed by atoms with Crippen LogP contribution < -0.4 is 5.73 Å². The normalized spacial score (nSPS) is 10.5. The number of nitrogens with two attached hydrogens (primary N) is 1. The van der Waals surface area contributed by atoms with Crippen LogP contribution in [0.5, 0.6) is 0 Å². The van der Waals surface area contributed by atoms with Crippen molar-refractivity contribution in [1.29, 1.82) is 0 Å². The Bertz CT molecular complexity index is 254. The van der Waals surface area contributed by atoms with Crippen molar-refractivity contribution >= 4 is 11.6 Å². The van der Waals surface area contributed by atoms with Gasteiger partial charge in [0, 0.05) is 18.7 Å². The highest BCUT2D eigenvalue weighted by Gasteiger charge is 2.09. The van der Waals surface area contributed by atoms with Crippen LogP contribution in [0.4, 0.5) is 0 Å². The Kier molecular flexibility index (Phi) is 2.52. The summed E-state index contributed by atoms with van der Waals surface area (Å²) in [5.41, 5.74) is 7.36. The molecule has 0 aliphatic carbocycles. The van der Waals surface area contributed by atoms with Crippen LogP contribution in [-0.4, -0.2) is 9.78 Å². The third kappa shape index (κ3) is 1.39. The van der Waals surface area contributed by atoms with Gasteiger partial charge in [0.15, 0.2) is 0 Å². The van der Waals surface area contributed by atoms with Crippen LogP contribution in [0.2, 0.25) is 5.15 Å². The molecule has 0 atom stereocenters. The largest absolute Gasteiger partial charge is 0.326 e. The maximum Gasteiger partial charge on any atom is 0.131 e. The summed E-state index contributed by atoms with van der Waals surface area (Å²) < 4.78 is 1.75. The minimum Gasteiger partial charge on any atom is -0.326 e. The third-order valence-corrected chi connectivity index (χ3v) is 2.11. The number of hydrogen-bond acceptors (Lipinski definition) is 2. The Balaban J connectivity index is 3.14. The van der Waals surface area contributed by atoms with Gasteiger partial charge in [-0.1, -0.05) is 11.6 Å². The summed E-state index contributed by atoms with van der Waals surface area (Å²) in [5, 5.41) is 4.88. The van der Waals surface area contributed by atoms with Gasteiger partial charge in [-0.3, -0.25) is 4.68 Å². The van der Waals surface area contributed by atoms with Crippen molar-refractivity contribution in [3.8, 4) is 0 Å². The second kappa shape index (κ2) is 3.24. The zero-order valence-electron chi connectivity index (χ0n) is 6.76. The molecule has 11 heavy (non-hydrogen) atoms. The average Bonchev–Trinajstić information content (AvgIpc) is 2.26. The average molecular weight is 174 g/mol. The Morgan fingerprint density at radius 1 is 1.64 bits per heavy atom. The van der Waals surface area contributed by atoms with Crippen LogP contribution in [-0.2, 0) is 13.1 Å². The minimum atomic E-state index is 0.463. The van der Waals surface area contributed by atoms with Gasteiger partial charge in [0.25, 0.3) is 0 Å². The van der Waals surface area contributed by atoms with E-state index in [2.05, 4.69) is 5.10 Å². The predicted octanol–water partition coefficient (Wildman–Crippen LogP) is 1.32. The van der Waals surface area contributed by atoms with Crippen molar-refractivity contribution in [3.63, 3.8) is 0 Å². The Labute approximate surface area is 71.1 Å². The third-order valence-electron chi connectivity index (χ3n) is 1.69. The lowest BCUT2D eigenvalue weighted by Crippen LogP contribution is -1.98. The van der Waals surface area contributed by atoms with E-state index in [1.807, 2.05) is 13.8 Å². The van der Waals surface area contributed by atoms with Crippen LogP contribution in [0.1, 0.15) is 18.2 Å². The summed E-state index contributed by atoms with van der Waals surface area (Å²) in [5.74, 6) is 0. The van der Waals surface area contributed by atoms with Gasteiger partial charge >= 0.3 is 0 Å². The van der Waals surface area contributed by atoms with Gasteiger partial charge in [-0.15, -0.1) is 0 Å². The zero-order chi connectivity index (χ0) is 8.43. The maximum absolute atomic E-state index is 5.95. The van der Waals surface area contributed by atoms with E-state index in [4.69, 9.17) is 17.3 Å². The predicted molar refractivity (Wildman–Crippen MR) is 45.5 cm³/mol. The lowest BCUT2D eigenvalue weighted by Gasteiger charge is -1.96. The molecule has 0 unspecified atom stereocenters. The first-order chi connectivity index (χ1) is 5.20. The molecule has 0 radical (unpaired) electrons. The summed E-state index contributed by atoms with van der Waals surface area (Å²) >= 11 is 5.95. The molecule has 0 fully saturated rings. The van der Waals surface area contributed by atoms with Gasteiger partial charge in [0.2, 0.25) is 0 Å². The number of aryl methyl sites for hydroxylation is 2. The molecule has 0 saturated carbocycles. The van der Waals surface area contributed by atoms with Crippen molar-refractivity contribution in [2.75, 3.05) is 0 Å². The Hall–Kier alpha value is -0.540. The molecule has 1 rings (SSSR count). The fourth-order valence-electron chi connectivity index (χ4n) is 1.03. The first-order valence-corrected chi connectivity index (χ1v) is 4.00. The van der Waals surface area contributed by atoms with E-state index in [1.165, 1.54) is 0 Å². The molecule has 0 bridgehead atoms. The quantitative estimate of drug-likeness (QED) is 0.733. The number of nitrogens with zero attached hydrogens (tertiary/aromatic N) is 2. The van der Waals surface area contributed by atoms with Crippen molar-refractivity contribution < 1.29 is 0 Å². The van der Waals surface area contributed by atoms with E-state index in [0.29, 0.717) is 11.7 Å². The number of hydrogen-bond donors (Lipinski definition) is 1. The Morgan fingerprint density at radius 2 is 2.27 bits per heavy atom. The Morgan fingerprint density at radius 3 is 2.55 bits per heavy atom. The van der Waals surface area contributed by atoms with E-state index in [0.717, 1.165) is 17.8 Å². The van der Waals surface area contributed by atoms with E-state index in [-0.39, 0.29) is 0 Å². The number of halogens is 1. The SMILES string of the molecule is CCn1nc(C)c(CN)c1Cl. The molecule has 0 amide bonds. The molecule has 0 aromatic carbocycles. The molecule has 0 saturated heterocycles. The molecule has 0 aliphatic heterocycles. The van der Waals surface area contributed by atoms with Crippen LogP contribution >= 0.6 is 11.6 Å². The highest BCUT2D eigenvalue weighted by molar-refractivity contribution is 6.30. The second-order valence-corrected chi connectivity index (χ2v) is 2.73.